The van der Waals surface area contributed by atoms with E-state index >= 15 is 0 Å². The van der Waals surface area contributed by atoms with Gasteiger partial charge in [-0.1, -0.05) is 6.07 Å². The van der Waals surface area contributed by atoms with Crippen molar-refractivity contribution in [3.63, 3.8) is 0 Å². The summed E-state index contributed by atoms with van der Waals surface area (Å²) in [7, 11) is 0. The Balaban J connectivity index is 1.97. The molecule has 18 heavy (non-hydrogen) atoms. The van der Waals surface area contributed by atoms with Crippen LogP contribution >= 0.6 is 0 Å². The molecule has 0 aromatic heterocycles. The molecule has 0 aliphatic heterocycles. The average molecular weight is 254 g/mol. The minimum atomic E-state index is -0.552. The zero-order chi connectivity index (χ0) is 13.3. The highest BCUT2D eigenvalue weighted by molar-refractivity contribution is 5.77. The SMILES string of the molecule is CC(N)CC(=O)NC1CC1c1c(F)cccc1F. The average Bonchev–Trinajstić information content (AvgIpc) is 2.95. The van der Waals surface area contributed by atoms with E-state index in [0.717, 1.165) is 0 Å². The van der Waals surface area contributed by atoms with Crippen molar-refractivity contribution >= 4 is 5.91 Å². The number of carbonyl (C=O) groups is 1. The summed E-state index contributed by atoms with van der Waals surface area (Å²) in [4.78, 5) is 11.5. The molecule has 2 rings (SSSR count). The van der Waals surface area contributed by atoms with Crippen LogP contribution in [0.3, 0.4) is 0 Å². The van der Waals surface area contributed by atoms with E-state index in [-0.39, 0.29) is 35.9 Å². The lowest BCUT2D eigenvalue weighted by molar-refractivity contribution is -0.121. The highest BCUT2D eigenvalue weighted by Gasteiger charge is 2.42. The summed E-state index contributed by atoms with van der Waals surface area (Å²) >= 11 is 0. The smallest absolute Gasteiger partial charge is 0.221 e. The van der Waals surface area contributed by atoms with Gasteiger partial charge in [-0.15, -0.1) is 0 Å². The zero-order valence-electron chi connectivity index (χ0n) is 10.1. The van der Waals surface area contributed by atoms with Gasteiger partial charge in [0.05, 0.1) is 0 Å². The lowest BCUT2D eigenvalue weighted by atomic mass is 10.1. The van der Waals surface area contributed by atoms with Gasteiger partial charge in [-0.2, -0.15) is 0 Å². The molecule has 0 saturated heterocycles. The van der Waals surface area contributed by atoms with E-state index in [0.29, 0.717) is 6.42 Å². The molecule has 0 radical (unpaired) electrons. The Morgan fingerprint density at radius 3 is 2.67 bits per heavy atom. The van der Waals surface area contributed by atoms with Crippen LogP contribution in [0.4, 0.5) is 8.78 Å². The van der Waals surface area contributed by atoms with E-state index in [1.165, 1.54) is 18.2 Å². The number of nitrogens with one attached hydrogen (secondary N) is 1. The van der Waals surface area contributed by atoms with Gasteiger partial charge in [0.25, 0.3) is 0 Å². The third kappa shape index (κ3) is 2.85. The van der Waals surface area contributed by atoms with Gasteiger partial charge in [0.15, 0.2) is 0 Å². The van der Waals surface area contributed by atoms with Crippen LogP contribution in [0.15, 0.2) is 18.2 Å². The molecule has 3 nitrogen and oxygen atoms in total. The van der Waals surface area contributed by atoms with Crippen LogP contribution in [-0.4, -0.2) is 18.0 Å². The Morgan fingerprint density at radius 1 is 1.50 bits per heavy atom. The maximum absolute atomic E-state index is 13.5. The summed E-state index contributed by atoms with van der Waals surface area (Å²) in [6.07, 6.45) is 0.797. The van der Waals surface area contributed by atoms with Gasteiger partial charge >= 0.3 is 0 Å². The van der Waals surface area contributed by atoms with E-state index in [1.807, 2.05) is 0 Å². The molecule has 0 bridgehead atoms. The second-order valence-corrected chi connectivity index (χ2v) is 4.83. The van der Waals surface area contributed by atoms with Crippen molar-refractivity contribution in [2.75, 3.05) is 0 Å². The summed E-state index contributed by atoms with van der Waals surface area (Å²) in [5, 5.41) is 2.74. The molecule has 1 aliphatic rings. The number of benzene rings is 1. The summed E-state index contributed by atoms with van der Waals surface area (Å²) in [6.45, 7) is 1.74. The second kappa shape index (κ2) is 5.02. The molecule has 1 aromatic carbocycles. The third-order valence-corrected chi connectivity index (χ3v) is 3.01. The fourth-order valence-electron chi connectivity index (χ4n) is 2.10. The van der Waals surface area contributed by atoms with E-state index in [4.69, 9.17) is 5.73 Å². The Kier molecular flexibility index (Phi) is 3.61. The van der Waals surface area contributed by atoms with Gasteiger partial charge in [0, 0.05) is 30.0 Å². The van der Waals surface area contributed by atoms with Crippen LogP contribution in [0.1, 0.15) is 31.2 Å². The Bertz CT molecular complexity index is 442. The first kappa shape index (κ1) is 13.0. The molecular formula is C13H16F2N2O. The first-order valence-corrected chi connectivity index (χ1v) is 5.98. The van der Waals surface area contributed by atoms with E-state index in [1.54, 1.807) is 6.92 Å². The number of amides is 1. The molecule has 5 heteroatoms. The maximum atomic E-state index is 13.5. The number of carbonyl (C=O) groups excluding carboxylic acids is 1. The van der Waals surface area contributed by atoms with Crippen molar-refractivity contribution in [3.05, 3.63) is 35.4 Å². The summed E-state index contributed by atoms with van der Waals surface area (Å²) < 4.78 is 27.0. The lowest BCUT2D eigenvalue weighted by Gasteiger charge is -2.08. The van der Waals surface area contributed by atoms with Crippen LogP contribution in [-0.2, 0) is 4.79 Å². The van der Waals surface area contributed by atoms with Gasteiger partial charge in [-0.3, -0.25) is 4.79 Å². The Hall–Kier alpha value is -1.49. The first-order valence-electron chi connectivity index (χ1n) is 5.98. The minimum absolute atomic E-state index is 0.0728. The number of rotatable bonds is 4. The van der Waals surface area contributed by atoms with Crippen LogP contribution in [0, 0.1) is 11.6 Å². The van der Waals surface area contributed by atoms with Gasteiger partial charge in [0.2, 0.25) is 5.91 Å². The van der Waals surface area contributed by atoms with E-state index < -0.39 is 11.6 Å². The van der Waals surface area contributed by atoms with Crippen LogP contribution in [0.2, 0.25) is 0 Å². The summed E-state index contributed by atoms with van der Waals surface area (Å²) in [5.74, 6) is -1.54. The van der Waals surface area contributed by atoms with Gasteiger partial charge in [-0.25, -0.2) is 8.78 Å². The molecule has 1 aliphatic carbocycles. The fraction of sp³-hybridized carbons (Fsp3) is 0.462. The molecule has 1 saturated carbocycles. The molecular weight excluding hydrogens is 238 g/mol. The normalized spacial score (nSPS) is 23.6. The van der Waals surface area contributed by atoms with Crippen LogP contribution < -0.4 is 11.1 Å². The molecule has 0 heterocycles. The summed E-state index contributed by atoms with van der Waals surface area (Å²) in [6, 6.07) is 3.41. The first-order chi connectivity index (χ1) is 8.49. The number of halogens is 2. The number of nitrogens with two attached hydrogens (primary N) is 1. The quantitative estimate of drug-likeness (QED) is 0.858. The number of hydrogen-bond donors (Lipinski definition) is 2. The van der Waals surface area contributed by atoms with Crippen molar-refractivity contribution in [3.8, 4) is 0 Å². The Morgan fingerprint density at radius 2 is 2.11 bits per heavy atom. The number of hydrogen-bond acceptors (Lipinski definition) is 2. The molecule has 3 atom stereocenters. The van der Waals surface area contributed by atoms with Crippen molar-refractivity contribution in [1.82, 2.24) is 5.32 Å². The van der Waals surface area contributed by atoms with E-state index in [9.17, 15) is 13.6 Å². The monoisotopic (exact) mass is 254 g/mol. The highest BCUT2D eigenvalue weighted by Crippen LogP contribution is 2.43. The molecule has 3 unspecified atom stereocenters. The van der Waals surface area contributed by atoms with Gasteiger partial charge in [0.1, 0.15) is 11.6 Å². The minimum Gasteiger partial charge on any atom is -0.353 e. The predicted molar refractivity (Wildman–Crippen MR) is 63.9 cm³/mol. The lowest BCUT2D eigenvalue weighted by Crippen LogP contribution is -2.32. The fourth-order valence-corrected chi connectivity index (χ4v) is 2.10. The van der Waals surface area contributed by atoms with Gasteiger partial charge in [-0.05, 0) is 25.5 Å². The highest BCUT2D eigenvalue weighted by atomic mass is 19.1. The van der Waals surface area contributed by atoms with Crippen LogP contribution in [0.25, 0.3) is 0 Å². The van der Waals surface area contributed by atoms with Crippen LogP contribution in [0.5, 0.6) is 0 Å². The zero-order valence-corrected chi connectivity index (χ0v) is 10.1. The standard InChI is InChI=1S/C13H16F2N2O/c1-7(16)5-12(18)17-11-6-8(11)13-9(14)3-2-4-10(13)15/h2-4,7-8,11H,5-6,16H2,1H3,(H,17,18). The molecule has 1 fully saturated rings. The molecule has 98 valence electrons. The summed E-state index contributed by atoms with van der Waals surface area (Å²) in [5.41, 5.74) is 5.58. The molecule has 1 amide bonds. The topological polar surface area (TPSA) is 55.1 Å². The van der Waals surface area contributed by atoms with Crippen molar-refractivity contribution in [2.24, 2.45) is 5.73 Å². The van der Waals surface area contributed by atoms with Gasteiger partial charge < -0.3 is 11.1 Å². The second-order valence-electron chi connectivity index (χ2n) is 4.83. The Labute approximate surface area is 104 Å². The van der Waals surface area contributed by atoms with Crippen molar-refractivity contribution in [2.45, 2.75) is 37.8 Å². The maximum Gasteiger partial charge on any atom is 0.221 e. The van der Waals surface area contributed by atoms with Crippen molar-refractivity contribution < 1.29 is 13.6 Å². The van der Waals surface area contributed by atoms with Crippen molar-refractivity contribution in [1.29, 1.82) is 0 Å². The van der Waals surface area contributed by atoms with E-state index in [2.05, 4.69) is 5.32 Å². The third-order valence-electron chi connectivity index (χ3n) is 3.01. The molecule has 0 spiro atoms. The molecule has 1 aromatic rings. The predicted octanol–water partition coefficient (Wildman–Crippen LogP) is 1.67. The largest absolute Gasteiger partial charge is 0.353 e. The molecule has 3 N–H and O–H groups in total.